The molecular formula is C26H36ClNO5S. The molecule has 1 atom stereocenters. The highest BCUT2D eigenvalue weighted by Crippen LogP contribution is 2.42. The van der Waals surface area contributed by atoms with Gasteiger partial charge in [-0.2, -0.15) is 0 Å². The van der Waals surface area contributed by atoms with Gasteiger partial charge in [-0.1, -0.05) is 35.0 Å². The first-order valence-electron chi connectivity index (χ1n) is 11.5. The number of aliphatic hydroxyl groups excluding tert-OH is 1. The Kier molecular flexibility index (Phi) is 10.4. The van der Waals surface area contributed by atoms with Crippen LogP contribution in [-0.4, -0.2) is 40.7 Å². The van der Waals surface area contributed by atoms with Crippen molar-refractivity contribution in [1.29, 1.82) is 0 Å². The number of carbonyl (C=O) groups excluding carboxylic acids is 1. The summed E-state index contributed by atoms with van der Waals surface area (Å²) in [5, 5.41) is 23.8. The van der Waals surface area contributed by atoms with Gasteiger partial charge in [-0.05, 0) is 89.0 Å². The van der Waals surface area contributed by atoms with Crippen molar-refractivity contribution >= 4 is 29.5 Å². The zero-order valence-electron chi connectivity index (χ0n) is 20.4. The first kappa shape index (κ1) is 28.1. The average molecular weight is 510 g/mol. The second kappa shape index (κ2) is 12.6. The molecule has 0 saturated carbocycles. The standard InChI is InChI=1S/C26H36ClNO5S/c1-6-13-26(17-29,28-24(31)33-25(3,4)5)14-12-18-8-10-20(16-21(18)27)34-23-15-19(32-7-2)9-11-22(23)30/h6,9,11,15-16,29-30H,1,7-8,10,12-14,17H2,2-5H3,(H,28,31). The van der Waals surface area contributed by atoms with Gasteiger partial charge in [0.2, 0.25) is 0 Å². The fourth-order valence-electron chi connectivity index (χ4n) is 3.59. The molecule has 0 radical (unpaired) electrons. The van der Waals surface area contributed by atoms with Gasteiger partial charge < -0.3 is 25.0 Å². The molecule has 1 aromatic carbocycles. The number of benzene rings is 1. The number of phenolic OH excluding ortho intramolecular Hbond substituents is 1. The van der Waals surface area contributed by atoms with Crippen LogP contribution in [0.1, 0.15) is 59.8 Å². The van der Waals surface area contributed by atoms with E-state index in [1.807, 2.05) is 19.1 Å². The number of hydrogen-bond acceptors (Lipinski definition) is 6. The fourth-order valence-corrected chi connectivity index (χ4v) is 4.99. The summed E-state index contributed by atoms with van der Waals surface area (Å²) >= 11 is 8.09. The summed E-state index contributed by atoms with van der Waals surface area (Å²) in [6.07, 6.45) is 6.08. The van der Waals surface area contributed by atoms with E-state index < -0.39 is 17.2 Å². The van der Waals surface area contributed by atoms with Crippen LogP contribution in [0.3, 0.4) is 0 Å². The van der Waals surface area contributed by atoms with Gasteiger partial charge in [0, 0.05) is 5.03 Å². The second-order valence-corrected chi connectivity index (χ2v) is 10.9. The number of ether oxygens (including phenoxy) is 2. The normalized spacial score (nSPS) is 15.9. The topological polar surface area (TPSA) is 88.0 Å². The molecular weight excluding hydrogens is 474 g/mol. The Labute approximate surface area is 212 Å². The molecule has 34 heavy (non-hydrogen) atoms. The highest BCUT2D eigenvalue weighted by Gasteiger charge is 2.32. The van der Waals surface area contributed by atoms with Gasteiger partial charge in [-0.15, -0.1) is 6.58 Å². The van der Waals surface area contributed by atoms with Crippen LogP contribution in [0.5, 0.6) is 11.5 Å². The van der Waals surface area contributed by atoms with Gasteiger partial charge in [0.25, 0.3) is 0 Å². The number of hydrogen-bond donors (Lipinski definition) is 3. The molecule has 6 nitrogen and oxygen atoms in total. The summed E-state index contributed by atoms with van der Waals surface area (Å²) in [7, 11) is 0. The van der Waals surface area contributed by atoms with Crippen molar-refractivity contribution in [2.24, 2.45) is 0 Å². The quantitative estimate of drug-likeness (QED) is 0.289. The van der Waals surface area contributed by atoms with Crippen LogP contribution in [0, 0.1) is 0 Å². The largest absolute Gasteiger partial charge is 0.507 e. The van der Waals surface area contributed by atoms with Gasteiger partial charge >= 0.3 is 6.09 Å². The molecule has 0 heterocycles. The Morgan fingerprint density at radius 2 is 2.06 bits per heavy atom. The van der Waals surface area contributed by atoms with Crippen LogP contribution >= 0.6 is 23.4 Å². The zero-order chi connectivity index (χ0) is 25.4. The number of aliphatic hydroxyl groups is 1. The second-order valence-electron chi connectivity index (χ2n) is 9.28. The van der Waals surface area contributed by atoms with Crippen LogP contribution in [0.15, 0.2) is 57.3 Å². The summed E-state index contributed by atoms with van der Waals surface area (Å²) in [5.74, 6) is 0.909. The Hall–Kier alpha value is -2.09. The predicted octanol–water partition coefficient (Wildman–Crippen LogP) is 6.67. The molecule has 0 fully saturated rings. The van der Waals surface area contributed by atoms with Gasteiger partial charge in [0.1, 0.15) is 17.1 Å². The van der Waals surface area contributed by atoms with Crippen molar-refractivity contribution < 1.29 is 24.5 Å². The van der Waals surface area contributed by atoms with E-state index in [-0.39, 0.29) is 12.4 Å². The minimum Gasteiger partial charge on any atom is -0.507 e. The third-order valence-corrected chi connectivity index (χ3v) is 6.80. The number of rotatable bonds is 11. The first-order chi connectivity index (χ1) is 16.0. The molecule has 0 bridgehead atoms. The van der Waals surface area contributed by atoms with E-state index in [1.54, 1.807) is 39.0 Å². The predicted molar refractivity (Wildman–Crippen MR) is 139 cm³/mol. The van der Waals surface area contributed by atoms with Crippen LogP contribution in [0.25, 0.3) is 0 Å². The molecule has 8 heteroatoms. The monoisotopic (exact) mass is 509 g/mol. The summed E-state index contributed by atoms with van der Waals surface area (Å²) in [4.78, 5) is 14.1. The Morgan fingerprint density at radius 1 is 1.32 bits per heavy atom. The van der Waals surface area contributed by atoms with E-state index in [4.69, 9.17) is 21.1 Å². The highest BCUT2D eigenvalue weighted by atomic mass is 35.5. The zero-order valence-corrected chi connectivity index (χ0v) is 22.0. The molecule has 1 unspecified atom stereocenters. The molecule has 3 N–H and O–H groups in total. The smallest absolute Gasteiger partial charge is 0.408 e. The van der Waals surface area contributed by atoms with Gasteiger partial charge in [0.15, 0.2) is 0 Å². The lowest BCUT2D eigenvalue weighted by molar-refractivity contribution is 0.0388. The first-order valence-corrected chi connectivity index (χ1v) is 12.6. The summed E-state index contributed by atoms with van der Waals surface area (Å²) in [5.41, 5.74) is -0.450. The van der Waals surface area contributed by atoms with Crippen molar-refractivity contribution in [3.8, 4) is 11.5 Å². The number of carbonyl (C=O) groups is 1. The number of thioether (sulfide) groups is 1. The van der Waals surface area contributed by atoms with Crippen LogP contribution in [-0.2, 0) is 4.74 Å². The average Bonchev–Trinajstić information content (AvgIpc) is 2.74. The number of allylic oxidation sites excluding steroid dienone is 4. The van der Waals surface area contributed by atoms with Gasteiger partial charge in [-0.25, -0.2) is 4.79 Å². The lowest BCUT2D eigenvalue weighted by atomic mass is 9.87. The summed E-state index contributed by atoms with van der Waals surface area (Å²) in [6, 6.07) is 5.20. The molecule has 2 rings (SSSR count). The van der Waals surface area contributed by atoms with Crippen molar-refractivity contribution in [2.75, 3.05) is 13.2 Å². The Morgan fingerprint density at radius 3 is 2.65 bits per heavy atom. The molecule has 1 amide bonds. The van der Waals surface area contributed by atoms with Gasteiger partial charge in [0.05, 0.1) is 23.6 Å². The van der Waals surface area contributed by atoms with Crippen molar-refractivity contribution in [2.45, 2.75) is 75.8 Å². The van der Waals surface area contributed by atoms with Crippen LogP contribution < -0.4 is 10.1 Å². The van der Waals surface area contributed by atoms with Crippen molar-refractivity contribution in [3.63, 3.8) is 0 Å². The number of nitrogens with one attached hydrogen (secondary N) is 1. The molecule has 1 aliphatic carbocycles. The molecule has 1 aliphatic rings. The fraction of sp³-hybridized carbons (Fsp3) is 0.500. The number of aromatic hydroxyl groups is 1. The van der Waals surface area contributed by atoms with Crippen molar-refractivity contribution in [3.05, 3.63) is 52.4 Å². The SMILES string of the molecule is C=CCC(CO)(CCC1=C(Cl)C=C(Sc2cc(OCC)ccc2O)CC1)NC(=O)OC(C)(C)C. The van der Waals surface area contributed by atoms with E-state index in [9.17, 15) is 15.0 Å². The lowest BCUT2D eigenvalue weighted by Gasteiger charge is -2.34. The molecule has 0 saturated heterocycles. The van der Waals surface area contributed by atoms with Crippen LogP contribution in [0.2, 0.25) is 0 Å². The molecule has 0 spiro atoms. The number of alkyl carbamates (subject to hydrolysis) is 1. The van der Waals surface area contributed by atoms with Crippen LogP contribution in [0.4, 0.5) is 4.79 Å². The Balaban J connectivity index is 2.11. The van der Waals surface area contributed by atoms with Gasteiger partial charge in [-0.3, -0.25) is 0 Å². The lowest BCUT2D eigenvalue weighted by Crippen LogP contribution is -2.52. The summed E-state index contributed by atoms with van der Waals surface area (Å²) < 4.78 is 10.9. The third kappa shape index (κ3) is 8.60. The van der Waals surface area contributed by atoms with E-state index in [2.05, 4.69) is 11.9 Å². The minimum atomic E-state index is -0.876. The highest BCUT2D eigenvalue weighted by molar-refractivity contribution is 8.03. The Bertz CT molecular complexity index is 938. The summed E-state index contributed by atoms with van der Waals surface area (Å²) in [6.45, 7) is 11.4. The maximum Gasteiger partial charge on any atom is 0.408 e. The minimum absolute atomic E-state index is 0.200. The maximum absolute atomic E-state index is 12.4. The van der Waals surface area contributed by atoms with E-state index in [0.29, 0.717) is 36.7 Å². The van der Waals surface area contributed by atoms with E-state index in [1.165, 1.54) is 11.8 Å². The maximum atomic E-state index is 12.4. The van der Waals surface area contributed by atoms with Crippen molar-refractivity contribution in [1.82, 2.24) is 5.32 Å². The molecule has 1 aromatic rings. The van der Waals surface area contributed by atoms with E-state index >= 15 is 0 Å². The number of amides is 1. The van der Waals surface area contributed by atoms with E-state index in [0.717, 1.165) is 28.2 Å². The number of phenols is 1. The number of halogens is 1. The molecule has 188 valence electrons. The molecule has 0 aliphatic heterocycles. The third-order valence-electron chi connectivity index (χ3n) is 5.29. The molecule has 0 aromatic heterocycles.